The fourth-order valence-corrected chi connectivity index (χ4v) is 10.8. The number of benzene rings is 3. The number of rotatable bonds is 10. The van der Waals surface area contributed by atoms with Gasteiger partial charge in [0.25, 0.3) is 5.56 Å². The highest BCUT2D eigenvalue weighted by Gasteiger charge is 2.53. The summed E-state index contributed by atoms with van der Waals surface area (Å²) < 4.78 is 21.9. The van der Waals surface area contributed by atoms with Crippen molar-refractivity contribution in [2.45, 2.75) is 109 Å². The van der Waals surface area contributed by atoms with Gasteiger partial charge in [-0.2, -0.15) is 81.0 Å². The number of nitrogens with one attached hydrogen (secondary N) is 3. The first-order chi connectivity index (χ1) is 31.8. The molecule has 72 heavy (non-hydrogen) atoms. The number of hydrogen-bond acceptors (Lipinski definition) is 11. The Bertz CT molecular complexity index is 2720. The Kier molecular flexibility index (Phi) is 22.4. The van der Waals surface area contributed by atoms with Crippen LogP contribution in [0.1, 0.15) is 90.1 Å². The van der Waals surface area contributed by atoms with Gasteiger partial charge < -0.3 is 44.4 Å². The van der Waals surface area contributed by atoms with E-state index in [1.54, 1.807) is 11.0 Å². The van der Waals surface area contributed by atoms with E-state index in [2.05, 4.69) is 52.0 Å². The highest BCUT2D eigenvalue weighted by atomic mass is 32.1. The molecule has 3 N–H and O–H groups in total. The van der Waals surface area contributed by atoms with Gasteiger partial charge >= 0.3 is 12.2 Å². The summed E-state index contributed by atoms with van der Waals surface area (Å²) in [5.41, 5.74) is 5.00. The monoisotopic (exact) mass is 1110 g/mol. The molecular formula is C50H71N7O9S6. The first-order valence-corrected chi connectivity index (χ1v) is 23.2. The predicted molar refractivity (Wildman–Crippen MR) is 311 cm³/mol. The van der Waals surface area contributed by atoms with Crippen LogP contribution in [0.5, 0.6) is 0 Å². The number of aliphatic imine (C=N–C) groups is 1. The van der Waals surface area contributed by atoms with Crippen molar-refractivity contribution in [2.24, 2.45) is 22.7 Å². The van der Waals surface area contributed by atoms with Crippen LogP contribution >= 0.6 is 81.0 Å². The van der Waals surface area contributed by atoms with Crippen molar-refractivity contribution < 1.29 is 38.1 Å². The van der Waals surface area contributed by atoms with E-state index in [4.69, 9.17) is 28.9 Å². The van der Waals surface area contributed by atoms with E-state index in [0.29, 0.717) is 49.2 Å². The van der Waals surface area contributed by atoms with Crippen molar-refractivity contribution in [1.82, 2.24) is 30.4 Å². The molecule has 0 unspecified atom stereocenters. The largest absolute Gasteiger partial charge is 0.453 e. The number of aromatic nitrogens is 2. The molecule has 3 saturated heterocycles. The molecule has 4 fully saturated rings. The van der Waals surface area contributed by atoms with Gasteiger partial charge in [-0.05, 0) is 94.3 Å². The van der Waals surface area contributed by atoms with E-state index >= 15 is 0 Å². The van der Waals surface area contributed by atoms with Crippen LogP contribution in [0.15, 0.2) is 70.6 Å². The molecule has 396 valence electrons. The lowest BCUT2D eigenvalue weighted by Crippen LogP contribution is -2.54. The molecule has 5 aliphatic rings. The van der Waals surface area contributed by atoms with Gasteiger partial charge in [0.2, 0.25) is 11.8 Å². The normalized spacial score (nSPS) is 21.3. The maximum absolute atomic E-state index is 14.4. The maximum atomic E-state index is 14.4. The van der Waals surface area contributed by atoms with Crippen molar-refractivity contribution in [3.8, 4) is 11.1 Å². The lowest BCUT2D eigenvalue weighted by atomic mass is 9.84. The van der Waals surface area contributed by atoms with Crippen molar-refractivity contribution in [3.63, 3.8) is 0 Å². The molecule has 5 heterocycles. The lowest BCUT2D eigenvalue weighted by molar-refractivity contribution is -0.153. The van der Waals surface area contributed by atoms with Crippen LogP contribution in [0.25, 0.3) is 38.4 Å². The fourth-order valence-electron chi connectivity index (χ4n) is 10.8. The molecule has 1 aliphatic carbocycles. The van der Waals surface area contributed by atoms with Crippen LogP contribution in [0.3, 0.4) is 0 Å². The molecule has 1 aromatic heterocycles. The number of H-pyrrole nitrogens is 1. The average molecular weight is 1110 g/mol. The summed E-state index contributed by atoms with van der Waals surface area (Å²) in [6, 6.07) is 15.8. The van der Waals surface area contributed by atoms with Crippen LogP contribution in [0.2, 0.25) is 0 Å². The smallest absolute Gasteiger partial charge is 0.407 e. The zero-order valence-electron chi connectivity index (χ0n) is 41.4. The van der Waals surface area contributed by atoms with E-state index in [1.807, 2.05) is 50.9 Å². The number of carbonyl (C=O) groups excluding carboxylic acids is 4. The van der Waals surface area contributed by atoms with E-state index < -0.39 is 36.1 Å². The number of carbonyl (C=O) groups is 4. The van der Waals surface area contributed by atoms with Crippen molar-refractivity contribution in [1.29, 1.82) is 0 Å². The molecule has 16 nitrogen and oxygen atoms in total. The average Bonchev–Trinajstić information content (AvgIpc) is 4.15. The number of allylic oxidation sites excluding steroid dienone is 1. The highest BCUT2D eigenvalue weighted by Crippen LogP contribution is 2.46. The van der Waals surface area contributed by atoms with Crippen LogP contribution in [-0.2, 0) is 28.5 Å². The zero-order valence-corrected chi connectivity index (χ0v) is 47.4. The minimum Gasteiger partial charge on any atom is -0.453 e. The Morgan fingerprint density at radius 1 is 0.750 bits per heavy atom. The second-order valence-corrected chi connectivity index (χ2v) is 19.0. The topological polar surface area (TPSA) is 194 Å². The number of likely N-dealkylation sites (tertiary alicyclic amines) is 2. The number of aromatic amines is 1. The second-order valence-electron chi connectivity index (χ2n) is 19.0. The van der Waals surface area contributed by atoms with Crippen molar-refractivity contribution in [3.05, 3.63) is 82.5 Å². The van der Waals surface area contributed by atoms with Gasteiger partial charge in [-0.3, -0.25) is 19.4 Å². The van der Waals surface area contributed by atoms with E-state index in [9.17, 15) is 24.0 Å². The van der Waals surface area contributed by atoms with E-state index in [1.165, 1.54) is 14.2 Å². The second kappa shape index (κ2) is 26.0. The summed E-state index contributed by atoms with van der Waals surface area (Å²) in [7, 11) is 2.56. The van der Waals surface area contributed by atoms with Crippen LogP contribution < -0.4 is 16.2 Å². The van der Waals surface area contributed by atoms with Crippen molar-refractivity contribution >= 4 is 138 Å². The van der Waals surface area contributed by atoms with Gasteiger partial charge in [0.05, 0.1) is 57.0 Å². The molecule has 22 heteroatoms. The number of alkyl carbamates (subject to hydrolysis) is 2. The Morgan fingerprint density at radius 2 is 1.32 bits per heavy atom. The predicted octanol–water partition coefficient (Wildman–Crippen LogP) is 7.54. The lowest BCUT2D eigenvalue weighted by Gasteiger charge is -2.37. The summed E-state index contributed by atoms with van der Waals surface area (Å²) >= 11 is 0. The highest BCUT2D eigenvalue weighted by molar-refractivity contribution is 7.60. The third-order valence-corrected chi connectivity index (χ3v) is 14.2. The third-order valence-electron chi connectivity index (χ3n) is 14.2. The van der Waals surface area contributed by atoms with E-state index in [0.717, 1.165) is 64.4 Å². The quantitative estimate of drug-likeness (QED) is 0.143. The molecule has 1 spiro atoms. The number of nitrogens with zero attached hydrogens (tertiary/aromatic N) is 4. The first kappa shape index (κ1) is 62.3. The summed E-state index contributed by atoms with van der Waals surface area (Å²) in [4.78, 5) is 83.3. The van der Waals surface area contributed by atoms with Crippen LogP contribution in [0, 0.1) is 17.8 Å². The Morgan fingerprint density at radius 3 is 1.94 bits per heavy atom. The van der Waals surface area contributed by atoms with Gasteiger partial charge in [-0.15, -0.1) is 0 Å². The summed E-state index contributed by atoms with van der Waals surface area (Å²) in [6.45, 7) is 8.68. The standard InChI is InChI=1S/C50H59N7O9.6H2S/c1-27(2)42(53-48(61)63-5)46(59)56-26-50(65-17-18-66-50)24-41(56)38-22-35(25-51-38)32-14-13-29-19-31(12-11-30(29)20-32)33-15-16-36-37(21-33)52-44(55-45(36)58)40-23-34-9-7-8-10-39(34)57(40)47(60)43(28(3)4)54-49(62)64-6;;;;;;/h11-16,19-21,25,27-28,34,39-43H,7-10,17-18,22-24,26H2,1-6H3,(H,53,61)(H,54,62)(H,52,55,58);6*1H2/t34-,39-,40-,41-,42-,43-;;;;;;/m0....../s1. The first-order valence-electron chi connectivity index (χ1n) is 23.2. The minimum atomic E-state index is -0.919. The summed E-state index contributed by atoms with van der Waals surface area (Å²) in [5.74, 6) is -1.00. The third kappa shape index (κ3) is 12.4. The summed E-state index contributed by atoms with van der Waals surface area (Å²) in [6.07, 6.45) is 6.15. The number of amides is 4. The molecule has 0 radical (unpaired) electrons. The molecule has 4 amide bonds. The molecule has 0 bridgehead atoms. The Balaban J connectivity index is 0.00000228. The number of fused-ring (bicyclic) bond motifs is 3. The van der Waals surface area contributed by atoms with Crippen LogP contribution in [0.4, 0.5) is 9.59 Å². The SMILES string of the molecule is COC(=O)N[C@H](C(=O)N1CC2(C[C@H]1C1=NC=C(c3ccc4cc(-c5ccc6c(=O)[nH]c([C@@H]7C[C@@H]8CCCC[C@@H]8N7C(=O)[C@@H](NC(=O)OC)C(C)C)nc6c5)ccc4c3)C1)OCCO2)C(C)C.S.S.S.S.S.S. The zero-order chi connectivity index (χ0) is 46.4. The number of methoxy groups -OCH3 is 2. The molecule has 9 rings (SSSR count). The number of hydrogen-bond donors (Lipinski definition) is 3. The number of ether oxygens (including phenoxy) is 4. The molecule has 4 aromatic rings. The minimum absolute atomic E-state index is 0. The maximum Gasteiger partial charge on any atom is 0.407 e. The molecule has 3 aromatic carbocycles. The molecule has 6 atom stereocenters. The Labute approximate surface area is 462 Å². The fraction of sp³-hybridized carbons (Fsp3) is 0.500. The van der Waals surface area contributed by atoms with Gasteiger partial charge in [-0.1, -0.05) is 70.9 Å². The van der Waals surface area contributed by atoms with E-state index in [-0.39, 0.29) is 135 Å². The van der Waals surface area contributed by atoms with Gasteiger partial charge in [0.1, 0.15) is 17.9 Å². The van der Waals surface area contributed by atoms with Crippen LogP contribution in [-0.4, -0.2) is 113 Å². The van der Waals surface area contributed by atoms with Gasteiger partial charge in [0, 0.05) is 30.8 Å². The Hall–Kier alpha value is -4.03. The van der Waals surface area contributed by atoms with Crippen molar-refractivity contribution in [2.75, 3.05) is 34.0 Å². The van der Waals surface area contributed by atoms with Gasteiger partial charge in [-0.25, -0.2) is 14.6 Å². The summed E-state index contributed by atoms with van der Waals surface area (Å²) in [5, 5.41) is 8.00. The molecule has 4 aliphatic heterocycles. The molecular weight excluding hydrogens is 1030 g/mol. The van der Waals surface area contributed by atoms with Gasteiger partial charge in [0.15, 0.2) is 5.79 Å². The molecule has 1 saturated carbocycles.